The molecule has 0 unspecified atom stereocenters. The van der Waals surface area contributed by atoms with Crippen LogP contribution in [0.3, 0.4) is 0 Å². The van der Waals surface area contributed by atoms with E-state index in [1.165, 1.54) is 25.3 Å². The molecule has 4 aliphatic heterocycles. The van der Waals surface area contributed by atoms with Gasteiger partial charge in [0.25, 0.3) is 5.69 Å². The normalized spacial score (nSPS) is 28.9. The van der Waals surface area contributed by atoms with E-state index in [1.54, 1.807) is 12.1 Å². The number of nitrogens with one attached hydrogen (secondary N) is 1. The van der Waals surface area contributed by atoms with Crippen LogP contribution in [-0.2, 0) is 19.9 Å². The van der Waals surface area contributed by atoms with Crippen LogP contribution in [0.15, 0.2) is 30.3 Å². The summed E-state index contributed by atoms with van der Waals surface area (Å²) in [5.74, 6) is -2.90. The van der Waals surface area contributed by atoms with Gasteiger partial charge in [-0.15, -0.1) is 0 Å². The Morgan fingerprint density at radius 2 is 1.97 bits per heavy atom. The molecule has 4 aliphatic rings. The van der Waals surface area contributed by atoms with E-state index in [4.69, 9.17) is 16.3 Å². The number of non-ortho nitro benzene ring substituents is 1. The largest absolute Gasteiger partial charge is 0.494 e. The molecule has 35 heavy (non-hydrogen) atoms. The van der Waals surface area contributed by atoms with Crippen molar-refractivity contribution >= 4 is 46.4 Å². The topological polar surface area (TPSA) is 122 Å². The first-order valence-electron chi connectivity index (χ1n) is 11.3. The van der Waals surface area contributed by atoms with Gasteiger partial charge in [0, 0.05) is 22.7 Å². The number of imide groups is 1. The summed E-state index contributed by atoms with van der Waals surface area (Å²) in [6, 6.07) is 6.97. The summed E-state index contributed by atoms with van der Waals surface area (Å²) in [6.45, 7) is 2.40. The lowest BCUT2D eigenvalue weighted by Crippen LogP contribution is -2.54. The van der Waals surface area contributed by atoms with Gasteiger partial charge >= 0.3 is 0 Å². The minimum Gasteiger partial charge on any atom is -0.494 e. The highest BCUT2D eigenvalue weighted by Crippen LogP contribution is 2.61. The average molecular weight is 497 g/mol. The van der Waals surface area contributed by atoms with Crippen molar-refractivity contribution in [3.63, 3.8) is 0 Å². The number of hydrogen-bond donors (Lipinski definition) is 1. The van der Waals surface area contributed by atoms with Crippen LogP contribution in [0.2, 0.25) is 5.02 Å². The molecule has 6 rings (SSSR count). The van der Waals surface area contributed by atoms with Gasteiger partial charge in [-0.05, 0) is 44.0 Å². The quantitative estimate of drug-likeness (QED) is 0.393. The zero-order valence-corrected chi connectivity index (χ0v) is 19.7. The van der Waals surface area contributed by atoms with Crippen molar-refractivity contribution in [2.24, 2.45) is 11.8 Å². The van der Waals surface area contributed by atoms with E-state index < -0.39 is 34.1 Å². The van der Waals surface area contributed by atoms with Crippen molar-refractivity contribution in [2.75, 3.05) is 23.9 Å². The molecule has 11 heteroatoms. The number of amides is 3. The third kappa shape index (κ3) is 2.55. The second-order valence-corrected chi connectivity index (χ2v) is 9.75. The number of anilines is 2. The van der Waals surface area contributed by atoms with E-state index in [0.717, 1.165) is 11.3 Å². The fraction of sp³-hybridized carbons (Fsp3) is 0.375. The smallest absolute Gasteiger partial charge is 0.273 e. The van der Waals surface area contributed by atoms with E-state index in [-0.39, 0.29) is 29.1 Å². The zero-order chi connectivity index (χ0) is 24.8. The van der Waals surface area contributed by atoms with Gasteiger partial charge in [0.1, 0.15) is 11.3 Å². The molecule has 0 saturated carbocycles. The molecule has 0 bridgehead atoms. The Morgan fingerprint density at radius 1 is 1.20 bits per heavy atom. The molecular weight excluding hydrogens is 476 g/mol. The van der Waals surface area contributed by atoms with Gasteiger partial charge in [0.05, 0.1) is 41.3 Å². The molecule has 2 aromatic rings. The number of nitrogens with zero attached hydrogens (tertiary/aromatic N) is 3. The lowest BCUT2D eigenvalue weighted by Gasteiger charge is -2.36. The number of nitro groups is 1. The number of rotatable bonds is 3. The van der Waals surface area contributed by atoms with E-state index in [0.29, 0.717) is 34.8 Å². The fourth-order valence-electron chi connectivity index (χ4n) is 6.59. The number of nitro benzene ring substituents is 1. The van der Waals surface area contributed by atoms with Crippen molar-refractivity contribution in [1.82, 2.24) is 4.90 Å². The van der Waals surface area contributed by atoms with Crippen molar-refractivity contribution < 1.29 is 24.0 Å². The molecule has 10 nitrogen and oxygen atoms in total. The minimum atomic E-state index is -1.33. The average Bonchev–Trinajstić information content (AvgIpc) is 3.54. The third-order valence-electron chi connectivity index (χ3n) is 7.98. The van der Waals surface area contributed by atoms with Crippen molar-refractivity contribution in [2.45, 2.75) is 31.3 Å². The van der Waals surface area contributed by atoms with Crippen molar-refractivity contribution in [1.29, 1.82) is 0 Å². The summed E-state index contributed by atoms with van der Waals surface area (Å²) in [6.07, 6.45) is 1.48. The predicted molar refractivity (Wildman–Crippen MR) is 125 cm³/mol. The summed E-state index contributed by atoms with van der Waals surface area (Å²) in [4.78, 5) is 55.4. The number of halogens is 1. The molecule has 180 valence electrons. The van der Waals surface area contributed by atoms with Crippen molar-refractivity contribution in [3.8, 4) is 5.75 Å². The Bertz CT molecular complexity index is 1360. The van der Waals surface area contributed by atoms with Gasteiger partial charge < -0.3 is 10.1 Å². The molecule has 2 aromatic carbocycles. The van der Waals surface area contributed by atoms with Crippen LogP contribution in [0, 0.1) is 28.9 Å². The van der Waals surface area contributed by atoms with E-state index in [1.807, 2.05) is 11.8 Å². The molecule has 1 spiro atoms. The number of carbonyl (C=O) groups excluding carboxylic acids is 3. The molecule has 0 aliphatic carbocycles. The molecule has 0 radical (unpaired) electrons. The molecule has 3 fully saturated rings. The van der Waals surface area contributed by atoms with Gasteiger partial charge in [-0.1, -0.05) is 17.7 Å². The fourth-order valence-corrected chi connectivity index (χ4v) is 6.75. The lowest BCUT2D eigenvalue weighted by molar-refractivity contribution is -0.384. The highest BCUT2D eigenvalue weighted by molar-refractivity contribution is 6.32. The first-order valence-corrected chi connectivity index (χ1v) is 11.7. The molecule has 3 amide bonds. The van der Waals surface area contributed by atoms with Crippen molar-refractivity contribution in [3.05, 3.63) is 56.6 Å². The van der Waals surface area contributed by atoms with E-state index >= 15 is 0 Å². The Morgan fingerprint density at radius 3 is 2.69 bits per heavy atom. The Kier molecular flexibility index (Phi) is 4.56. The lowest BCUT2D eigenvalue weighted by atomic mass is 9.75. The van der Waals surface area contributed by atoms with Crippen LogP contribution in [0.4, 0.5) is 17.1 Å². The first kappa shape index (κ1) is 22.0. The number of ether oxygens (including phenoxy) is 1. The molecule has 4 heterocycles. The maximum Gasteiger partial charge on any atom is 0.273 e. The first-order chi connectivity index (χ1) is 16.7. The van der Waals surface area contributed by atoms with Crippen LogP contribution >= 0.6 is 11.6 Å². The number of hydrogen-bond acceptors (Lipinski definition) is 7. The van der Waals surface area contributed by atoms with E-state index in [2.05, 4.69) is 5.32 Å². The van der Waals surface area contributed by atoms with Crippen LogP contribution < -0.4 is 15.0 Å². The van der Waals surface area contributed by atoms with Gasteiger partial charge in [-0.2, -0.15) is 0 Å². The summed E-state index contributed by atoms with van der Waals surface area (Å²) < 4.78 is 5.32. The number of methoxy groups -OCH3 is 1. The number of fused-ring (bicyclic) bond motifs is 7. The number of carbonyl (C=O) groups is 3. The van der Waals surface area contributed by atoms with Crippen LogP contribution in [0.25, 0.3) is 0 Å². The second kappa shape index (κ2) is 7.25. The molecule has 1 N–H and O–H groups in total. The van der Waals surface area contributed by atoms with Gasteiger partial charge in [0.15, 0.2) is 0 Å². The maximum absolute atomic E-state index is 14.1. The SMILES string of the molecule is COc1cc([N+](=O)[O-])ccc1N1C(=O)[C@H]2[C@@H](C1=O)[C@]1(C(=O)Nc3c1ccc(Cl)c3C)N1CCC[C@@H]21. The zero-order valence-electron chi connectivity index (χ0n) is 18.9. The van der Waals surface area contributed by atoms with Gasteiger partial charge in [0.2, 0.25) is 17.7 Å². The maximum atomic E-state index is 14.1. The molecule has 4 atom stereocenters. The standard InChI is InChI=1S/C24H21ClN4O6/c1-11-14(25)7-6-13-20(11)26-23(32)24(13)19-18(16-4-3-9-27(16)24)21(30)28(22(19)31)15-8-5-12(29(33)34)10-17(15)35-2/h5-8,10,16,18-19H,3-4,9H2,1-2H3,(H,26,32)/t16-,18+,19-,24+/m0/s1. The highest BCUT2D eigenvalue weighted by atomic mass is 35.5. The summed E-state index contributed by atoms with van der Waals surface area (Å²) in [7, 11) is 1.32. The van der Waals surface area contributed by atoms with Crippen LogP contribution in [0.5, 0.6) is 5.75 Å². The Labute approximate surface area is 204 Å². The summed E-state index contributed by atoms with van der Waals surface area (Å²) in [5.41, 5.74) is 0.529. The summed E-state index contributed by atoms with van der Waals surface area (Å²) >= 11 is 6.33. The molecular formula is C24H21ClN4O6. The minimum absolute atomic E-state index is 0.0390. The van der Waals surface area contributed by atoms with Gasteiger partial charge in [-0.3, -0.25) is 29.4 Å². The second-order valence-electron chi connectivity index (χ2n) is 9.35. The van der Waals surface area contributed by atoms with Crippen LogP contribution in [-0.4, -0.2) is 47.2 Å². The molecule has 3 saturated heterocycles. The number of benzene rings is 2. The predicted octanol–water partition coefficient (Wildman–Crippen LogP) is 3.00. The highest BCUT2D eigenvalue weighted by Gasteiger charge is 2.74. The monoisotopic (exact) mass is 496 g/mol. The van der Waals surface area contributed by atoms with Crippen LogP contribution in [0.1, 0.15) is 24.0 Å². The molecule has 0 aromatic heterocycles. The Balaban J connectivity index is 1.54. The summed E-state index contributed by atoms with van der Waals surface area (Å²) in [5, 5.41) is 14.7. The van der Waals surface area contributed by atoms with E-state index in [9.17, 15) is 24.5 Å². The Hall–Kier alpha value is -3.50. The third-order valence-corrected chi connectivity index (χ3v) is 8.39. The van der Waals surface area contributed by atoms with Gasteiger partial charge in [-0.25, -0.2) is 4.90 Å².